The van der Waals surface area contributed by atoms with E-state index < -0.39 is 30.1 Å². The first-order valence-corrected chi connectivity index (χ1v) is 17.9. The van der Waals surface area contributed by atoms with Crippen LogP contribution in [0.15, 0.2) is 69.3 Å². The summed E-state index contributed by atoms with van der Waals surface area (Å²) in [6.07, 6.45) is 3.07. The van der Waals surface area contributed by atoms with Gasteiger partial charge in [-0.25, -0.2) is 40.7 Å². The molecule has 0 fully saturated rings. The van der Waals surface area contributed by atoms with Crippen LogP contribution < -0.4 is 31.4 Å². The molecule has 3 aliphatic heterocycles. The second-order valence-electron chi connectivity index (χ2n) is 10.3. The zero-order valence-electron chi connectivity index (χ0n) is 23.6. The molecular weight excluding hydrogens is 649 g/mol. The quantitative estimate of drug-likeness (QED) is 0.227. The number of nitrogens with two attached hydrogens (primary N) is 3. The molecule has 0 aromatic heterocycles. The predicted molar refractivity (Wildman–Crippen MR) is 164 cm³/mol. The van der Waals surface area contributed by atoms with Gasteiger partial charge in [-0.05, 0) is 84.5 Å². The van der Waals surface area contributed by atoms with Crippen molar-refractivity contribution < 1.29 is 39.6 Å². The van der Waals surface area contributed by atoms with Crippen LogP contribution in [0.1, 0.15) is 36.0 Å². The molecule has 15 nitrogen and oxygen atoms in total. The predicted octanol–water partition coefficient (Wildman–Crippen LogP) is 0.656. The second kappa shape index (κ2) is 13.0. The minimum atomic E-state index is -3.69. The topological polar surface area (TPSA) is 268 Å². The van der Waals surface area contributed by atoms with Gasteiger partial charge in [-0.3, -0.25) is 14.4 Å². The maximum atomic E-state index is 11.3. The first-order chi connectivity index (χ1) is 20.9. The first kappa shape index (κ1) is 33.7. The molecule has 0 unspecified atom stereocenters. The fourth-order valence-corrected chi connectivity index (χ4v) is 6.30. The fraction of sp³-hybridized carbons (Fsp3) is 0.222. The van der Waals surface area contributed by atoms with Crippen molar-refractivity contribution in [3.8, 4) is 0 Å². The number of fused-ring (bicyclic) bond motifs is 3. The largest absolute Gasteiger partial charge is 0.326 e. The van der Waals surface area contributed by atoms with E-state index in [9.17, 15) is 39.6 Å². The Kier molecular flexibility index (Phi) is 9.76. The van der Waals surface area contributed by atoms with Gasteiger partial charge < -0.3 is 16.0 Å². The molecule has 0 saturated heterocycles. The Morgan fingerprint density at radius 2 is 0.911 bits per heavy atom. The molecule has 240 valence electrons. The maximum absolute atomic E-state index is 11.3. The van der Waals surface area contributed by atoms with Crippen molar-refractivity contribution in [3.63, 3.8) is 0 Å². The molecule has 3 amide bonds. The van der Waals surface area contributed by atoms with Crippen molar-refractivity contribution in [2.75, 3.05) is 16.0 Å². The van der Waals surface area contributed by atoms with E-state index >= 15 is 0 Å². The SMILES string of the molecule is NS(=O)(=O)c1ccc2c(c1)CCC(=O)N2.NS(=O)(=O)c1ccc2c(c1)CCCC(=O)N2.NS(=O)(=O)c1ccc2c(c1)NC(=O)C2. The highest BCUT2D eigenvalue weighted by atomic mass is 32.2. The number of nitrogens with one attached hydrogen (secondary N) is 3. The highest BCUT2D eigenvalue weighted by Gasteiger charge is 2.20. The average Bonchev–Trinajstić information content (AvgIpc) is 3.21. The van der Waals surface area contributed by atoms with E-state index in [2.05, 4.69) is 16.0 Å². The van der Waals surface area contributed by atoms with E-state index in [4.69, 9.17) is 15.4 Å². The van der Waals surface area contributed by atoms with Gasteiger partial charge in [-0.15, -0.1) is 0 Å². The number of carbonyl (C=O) groups excluding carboxylic acids is 3. The third-order valence-corrected chi connectivity index (χ3v) is 9.60. The number of amides is 3. The third-order valence-electron chi connectivity index (χ3n) is 6.86. The summed E-state index contributed by atoms with van der Waals surface area (Å²) in [5.74, 6) is -0.223. The van der Waals surface area contributed by atoms with Gasteiger partial charge in [-0.1, -0.05) is 6.07 Å². The van der Waals surface area contributed by atoms with Gasteiger partial charge in [0.2, 0.25) is 47.8 Å². The van der Waals surface area contributed by atoms with E-state index in [1.807, 2.05) is 0 Å². The van der Waals surface area contributed by atoms with Crippen LogP contribution in [0, 0.1) is 0 Å². The summed E-state index contributed by atoms with van der Waals surface area (Å²) in [6.45, 7) is 0. The summed E-state index contributed by atoms with van der Waals surface area (Å²) in [6, 6.07) is 13.3. The van der Waals surface area contributed by atoms with Crippen LogP contribution in [0.4, 0.5) is 17.1 Å². The van der Waals surface area contributed by atoms with Crippen LogP contribution in [-0.4, -0.2) is 43.0 Å². The Hall–Kier alpha value is -4.20. The van der Waals surface area contributed by atoms with E-state index in [-0.39, 0.29) is 32.4 Å². The van der Waals surface area contributed by atoms with E-state index in [0.717, 1.165) is 16.7 Å². The molecule has 0 atom stereocenters. The highest BCUT2D eigenvalue weighted by Crippen LogP contribution is 2.27. The first-order valence-electron chi connectivity index (χ1n) is 13.3. The second-order valence-corrected chi connectivity index (χ2v) is 15.0. The number of primary sulfonamides is 3. The Morgan fingerprint density at radius 1 is 0.467 bits per heavy atom. The lowest BCUT2D eigenvalue weighted by Crippen LogP contribution is -2.20. The fourth-order valence-electron chi connectivity index (χ4n) is 4.64. The molecule has 0 spiro atoms. The minimum Gasteiger partial charge on any atom is -0.326 e. The van der Waals surface area contributed by atoms with Crippen LogP contribution in [-0.2, 0) is 63.7 Å². The van der Waals surface area contributed by atoms with Gasteiger partial charge in [0.05, 0.1) is 21.1 Å². The van der Waals surface area contributed by atoms with Gasteiger partial charge in [-0.2, -0.15) is 0 Å². The number of anilines is 3. The zero-order chi connectivity index (χ0) is 33.2. The number of hydrogen-bond acceptors (Lipinski definition) is 9. The summed E-state index contributed by atoms with van der Waals surface area (Å²) >= 11 is 0. The number of hydrogen-bond donors (Lipinski definition) is 6. The van der Waals surface area contributed by atoms with Crippen molar-refractivity contribution in [3.05, 3.63) is 71.3 Å². The molecule has 0 saturated carbocycles. The van der Waals surface area contributed by atoms with Crippen molar-refractivity contribution in [2.24, 2.45) is 15.4 Å². The molecule has 18 heteroatoms. The normalized spacial score (nSPS) is 15.7. The van der Waals surface area contributed by atoms with Crippen molar-refractivity contribution >= 4 is 64.9 Å². The van der Waals surface area contributed by atoms with Gasteiger partial charge in [0.25, 0.3) is 0 Å². The Labute approximate surface area is 259 Å². The van der Waals surface area contributed by atoms with Crippen molar-refractivity contribution in [2.45, 2.75) is 53.2 Å². The standard InChI is InChI=1S/C10H12N2O3S.C9H10N2O3S.C8H8N2O3S/c11-16(14,15)8-4-5-9-7(6-8)2-1-3-10(13)12-9;10-15(13,14)7-2-3-8-6(5-7)1-4-9(12)11-8;9-14(12,13)6-2-1-5-3-8(11)10-7(5)4-6/h4-6H,1-3H2,(H,12,13)(H2,11,14,15);2-3,5H,1,4H2,(H,11,12)(H2,10,13,14);1-2,4H,3H2,(H,10,11)(H2,9,12,13). The lowest BCUT2D eigenvalue weighted by molar-refractivity contribution is -0.117. The van der Waals surface area contributed by atoms with E-state index in [0.29, 0.717) is 55.6 Å². The molecule has 3 aromatic carbocycles. The van der Waals surface area contributed by atoms with Crippen LogP contribution in [0.25, 0.3) is 0 Å². The third kappa shape index (κ3) is 8.93. The molecule has 3 aromatic rings. The lowest BCUT2D eigenvalue weighted by Gasteiger charge is -2.16. The molecule has 6 rings (SSSR count). The van der Waals surface area contributed by atoms with Gasteiger partial charge >= 0.3 is 0 Å². The summed E-state index contributed by atoms with van der Waals surface area (Å²) in [4.78, 5) is 33.5. The van der Waals surface area contributed by atoms with Crippen LogP contribution in [0.5, 0.6) is 0 Å². The van der Waals surface area contributed by atoms with Crippen LogP contribution >= 0.6 is 0 Å². The monoisotopic (exact) mass is 678 g/mol. The molecular formula is C27H30N6O9S3. The number of rotatable bonds is 3. The molecule has 3 heterocycles. The Balaban J connectivity index is 0.000000154. The van der Waals surface area contributed by atoms with Crippen LogP contribution in [0.2, 0.25) is 0 Å². The summed E-state index contributed by atoms with van der Waals surface area (Å²) in [5.41, 5.74) is 4.29. The number of aryl methyl sites for hydroxylation is 2. The number of sulfonamides is 3. The van der Waals surface area contributed by atoms with E-state index in [1.54, 1.807) is 18.2 Å². The van der Waals surface area contributed by atoms with Gasteiger partial charge in [0.15, 0.2) is 0 Å². The highest BCUT2D eigenvalue weighted by molar-refractivity contribution is 7.89. The minimum absolute atomic E-state index is 0.0125. The molecule has 0 radical (unpaired) electrons. The number of carbonyl (C=O) groups is 3. The summed E-state index contributed by atoms with van der Waals surface area (Å²) in [7, 11) is -11.0. The average molecular weight is 679 g/mol. The molecule has 45 heavy (non-hydrogen) atoms. The van der Waals surface area contributed by atoms with Crippen LogP contribution in [0.3, 0.4) is 0 Å². The van der Waals surface area contributed by atoms with Gasteiger partial charge in [0, 0.05) is 29.9 Å². The molecule has 9 N–H and O–H groups in total. The maximum Gasteiger partial charge on any atom is 0.238 e. The Morgan fingerprint density at radius 3 is 1.44 bits per heavy atom. The molecule has 0 bridgehead atoms. The Bertz CT molecular complexity index is 2030. The summed E-state index contributed by atoms with van der Waals surface area (Å²) in [5, 5.41) is 22.9. The van der Waals surface area contributed by atoms with Crippen molar-refractivity contribution in [1.82, 2.24) is 0 Å². The van der Waals surface area contributed by atoms with E-state index in [1.165, 1.54) is 36.4 Å². The zero-order valence-corrected chi connectivity index (χ0v) is 26.0. The molecule has 0 aliphatic carbocycles. The smallest absolute Gasteiger partial charge is 0.238 e. The molecule has 3 aliphatic rings. The van der Waals surface area contributed by atoms with Gasteiger partial charge in [0.1, 0.15) is 0 Å². The van der Waals surface area contributed by atoms with Crippen molar-refractivity contribution in [1.29, 1.82) is 0 Å². The summed E-state index contributed by atoms with van der Waals surface area (Å²) < 4.78 is 66.4. The number of benzene rings is 3. The lowest BCUT2D eigenvalue weighted by atomic mass is 10.0.